The molecule has 1 fully saturated rings. The van der Waals surface area contributed by atoms with Crippen molar-refractivity contribution < 1.29 is 18.8 Å². The maximum Gasteiger partial charge on any atom is 0.192 e. The van der Waals surface area contributed by atoms with Gasteiger partial charge in [0, 0.05) is 51.4 Å². The van der Waals surface area contributed by atoms with Gasteiger partial charge in [-0.15, -0.1) is 0 Å². The third-order valence-electron chi connectivity index (χ3n) is 12.4. The topological polar surface area (TPSA) is 57.6 Å². The molecular formula is C42H91N3O4Si2. The van der Waals surface area contributed by atoms with Crippen molar-refractivity contribution in [3.63, 3.8) is 0 Å². The van der Waals surface area contributed by atoms with Crippen molar-refractivity contribution >= 4 is 16.6 Å². The van der Waals surface area contributed by atoms with E-state index in [2.05, 4.69) is 110 Å². The van der Waals surface area contributed by atoms with Crippen LogP contribution in [-0.2, 0) is 13.7 Å². The molecule has 0 aromatic heterocycles. The smallest absolute Gasteiger partial charge is 0.192 e. The van der Waals surface area contributed by atoms with Crippen molar-refractivity contribution in [1.29, 1.82) is 0 Å². The predicted octanol–water partition coefficient (Wildman–Crippen LogP) is 10.9. The molecule has 0 bridgehead atoms. The fraction of sp³-hybridized carbons (Fsp3) is 1.00. The molecule has 0 saturated carbocycles. The molecule has 51 heavy (non-hydrogen) atoms. The number of β-amino-alcohol motifs (C(OH)–C–C–N with tert-alkyl or cyclic N) is 1. The van der Waals surface area contributed by atoms with Gasteiger partial charge in [0.05, 0.1) is 25.4 Å². The Kier molecular flexibility index (Phi) is 23.7. The van der Waals surface area contributed by atoms with Gasteiger partial charge < -0.3 is 14.0 Å². The summed E-state index contributed by atoms with van der Waals surface area (Å²) in [6.45, 7) is 39.2. The number of hydrogen-bond acceptors (Lipinski definition) is 7. The van der Waals surface area contributed by atoms with Crippen molar-refractivity contribution in [2.24, 2.45) is 0 Å². The first-order chi connectivity index (χ1) is 23.8. The number of aliphatic hydroxyl groups is 1. The standard InChI is InChI=1S/C42H91N3O4Si2/c1-15-17-19-21-23-25-27-39(48-50(11,12)41(5,6)7)35-45(47-32-30-44-34-37(3)43(29-31-46)33-38(44)4)36-40(28-26-24-22-20-18-16-2)49-51(13,14)42(8,9)10/h37-40,46H,15-36H2,1-14H3. The number of unbranched alkanes of at least 4 members (excludes halogenated alkanes) is 10. The summed E-state index contributed by atoms with van der Waals surface area (Å²) < 4.78 is 14.5. The van der Waals surface area contributed by atoms with Gasteiger partial charge in [-0.2, -0.15) is 5.06 Å². The average Bonchev–Trinajstić information content (AvgIpc) is 3.01. The van der Waals surface area contributed by atoms with Crippen molar-refractivity contribution in [1.82, 2.24) is 14.9 Å². The van der Waals surface area contributed by atoms with Gasteiger partial charge in [-0.3, -0.25) is 14.6 Å². The van der Waals surface area contributed by atoms with Crippen LogP contribution >= 0.6 is 0 Å². The molecular weight excluding hydrogens is 667 g/mol. The first-order valence-corrected chi connectivity index (χ1v) is 27.4. The zero-order valence-electron chi connectivity index (χ0n) is 36.9. The average molecular weight is 758 g/mol. The molecule has 1 heterocycles. The van der Waals surface area contributed by atoms with Crippen LogP contribution in [0.1, 0.15) is 159 Å². The van der Waals surface area contributed by atoms with E-state index in [0.717, 1.165) is 52.1 Å². The maximum atomic E-state index is 9.57. The van der Waals surface area contributed by atoms with Crippen LogP contribution in [0.5, 0.6) is 0 Å². The molecule has 7 nitrogen and oxygen atoms in total. The summed E-state index contributed by atoms with van der Waals surface area (Å²) >= 11 is 0. The second-order valence-electron chi connectivity index (χ2n) is 19.2. The summed E-state index contributed by atoms with van der Waals surface area (Å²) in [6, 6.07) is 0.874. The summed E-state index contributed by atoms with van der Waals surface area (Å²) in [7, 11) is -3.96. The number of aliphatic hydroxyl groups excluding tert-OH is 1. The van der Waals surface area contributed by atoms with Crippen LogP contribution in [0.25, 0.3) is 0 Å². The largest absolute Gasteiger partial charge is 0.413 e. The van der Waals surface area contributed by atoms with E-state index in [0.29, 0.717) is 18.7 Å². The van der Waals surface area contributed by atoms with Gasteiger partial charge in [-0.1, -0.05) is 132 Å². The van der Waals surface area contributed by atoms with Crippen molar-refractivity contribution in [2.45, 2.75) is 220 Å². The zero-order chi connectivity index (χ0) is 38.7. The van der Waals surface area contributed by atoms with Crippen LogP contribution in [-0.4, -0.2) is 113 Å². The maximum absolute atomic E-state index is 9.57. The van der Waals surface area contributed by atoms with E-state index in [1.807, 2.05) is 0 Å². The van der Waals surface area contributed by atoms with Gasteiger partial charge in [0.1, 0.15) is 0 Å². The molecule has 1 saturated heterocycles. The molecule has 0 amide bonds. The third-order valence-corrected chi connectivity index (χ3v) is 21.5. The minimum absolute atomic E-state index is 0.153. The zero-order valence-corrected chi connectivity index (χ0v) is 38.9. The molecule has 1 aliphatic heterocycles. The molecule has 0 spiro atoms. The molecule has 4 atom stereocenters. The quantitative estimate of drug-likeness (QED) is 0.0484. The summed E-state index contributed by atoms with van der Waals surface area (Å²) in [5.74, 6) is 0. The van der Waals surface area contributed by atoms with E-state index in [9.17, 15) is 5.11 Å². The Morgan fingerprint density at radius 2 is 1.00 bits per heavy atom. The fourth-order valence-electron chi connectivity index (χ4n) is 6.81. The monoisotopic (exact) mass is 758 g/mol. The van der Waals surface area contributed by atoms with E-state index in [1.54, 1.807) is 0 Å². The van der Waals surface area contributed by atoms with E-state index in [-0.39, 0.29) is 28.9 Å². The van der Waals surface area contributed by atoms with Gasteiger partial charge in [-0.05, 0) is 63.0 Å². The molecule has 306 valence electrons. The van der Waals surface area contributed by atoms with Crippen LogP contribution in [0.15, 0.2) is 0 Å². The number of nitrogens with zero attached hydrogens (tertiary/aromatic N) is 3. The molecule has 0 radical (unpaired) electrons. The van der Waals surface area contributed by atoms with Crippen LogP contribution in [0.4, 0.5) is 0 Å². The van der Waals surface area contributed by atoms with Gasteiger partial charge in [0.25, 0.3) is 0 Å². The Morgan fingerprint density at radius 1 is 0.627 bits per heavy atom. The highest BCUT2D eigenvalue weighted by molar-refractivity contribution is 6.74. The molecule has 0 aromatic carbocycles. The molecule has 1 aliphatic rings. The number of hydrogen-bond donors (Lipinski definition) is 1. The van der Waals surface area contributed by atoms with Crippen LogP contribution in [0.3, 0.4) is 0 Å². The Hall–Kier alpha value is 0.154. The van der Waals surface area contributed by atoms with E-state index in [1.165, 1.54) is 77.0 Å². The molecule has 1 N–H and O–H groups in total. The second kappa shape index (κ2) is 24.6. The Balaban J connectivity index is 3.26. The van der Waals surface area contributed by atoms with Crippen molar-refractivity contribution in [3.05, 3.63) is 0 Å². The summed E-state index contributed by atoms with van der Waals surface area (Å²) in [6.07, 6.45) is 18.1. The minimum atomic E-state index is -1.98. The SMILES string of the molecule is CCCCCCCCC(CN(CC(CCCCCCCC)O[Si](C)(C)C(C)(C)C)OCCN1CC(C)N(CCO)CC1C)O[Si](C)(C)C(C)(C)C. The third kappa shape index (κ3) is 19.5. The number of hydroxylamine groups is 2. The first kappa shape index (κ1) is 49.2. The Bertz CT molecular complexity index is 829. The minimum Gasteiger partial charge on any atom is -0.413 e. The first-order valence-electron chi connectivity index (χ1n) is 21.6. The molecule has 0 aliphatic carbocycles. The predicted molar refractivity (Wildman–Crippen MR) is 227 cm³/mol. The van der Waals surface area contributed by atoms with Crippen LogP contribution in [0.2, 0.25) is 36.3 Å². The normalized spacial score (nSPS) is 20.0. The van der Waals surface area contributed by atoms with Crippen molar-refractivity contribution in [3.8, 4) is 0 Å². The highest BCUT2D eigenvalue weighted by atomic mass is 28.4. The second-order valence-corrected chi connectivity index (χ2v) is 28.7. The van der Waals surface area contributed by atoms with Gasteiger partial charge in [-0.25, -0.2) is 0 Å². The highest BCUT2D eigenvalue weighted by Crippen LogP contribution is 2.39. The van der Waals surface area contributed by atoms with Gasteiger partial charge in [0.2, 0.25) is 0 Å². The summed E-state index contributed by atoms with van der Waals surface area (Å²) in [5, 5.41) is 12.2. The Morgan fingerprint density at radius 3 is 1.37 bits per heavy atom. The molecule has 1 rings (SSSR count). The molecule has 9 heteroatoms. The lowest BCUT2D eigenvalue weighted by Crippen LogP contribution is -2.57. The van der Waals surface area contributed by atoms with E-state index < -0.39 is 16.6 Å². The lowest BCUT2D eigenvalue weighted by atomic mass is 10.1. The van der Waals surface area contributed by atoms with Crippen LogP contribution in [0, 0.1) is 0 Å². The summed E-state index contributed by atoms with van der Waals surface area (Å²) in [4.78, 5) is 11.9. The molecule has 4 unspecified atom stereocenters. The van der Waals surface area contributed by atoms with Gasteiger partial charge in [0.15, 0.2) is 16.6 Å². The number of rotatable bonds is 28. The van der Waals surface area contributed by atoms with E-state index in [4.69, 9.17) is 13.7 Å². The lowest BCUT2D eigenvalue weighted by molar-refractivity contribution is -0.189. The molecule has 0 aromatic rings. The van der Waals surface area contributed by atoms with Crippen LogP contribution < -0.4 is 0 Å². The summed E-state index contributed by atoms with van der Waals surface area (Å²) in [5.41, 5.74) is 0. The van der Waals surface area contributed by atoms with Gasteiger partial charge >= 0.3 is 0 Å². The number of piperazine rings is 1. The highest BCUT2D eigenvalue weighted by Gasteiger charge is 2.41. The van der Waals surface area contributed by atoms with E-state index >= 15 is 0 Å². The lowest BCUT2D eigenvalue weighted by Gasteiger charge is -2.44. The fourth-order valence-corrected chi connectivity index (χ4v) is 9.57. The van der Waals surface area contributed by atoms with Crippen molar-refractivity contribution in [2.75, 3.05) is 52.5 Å². The Labute approximate surface area is 321 Å².